The zero-order valence-corrected chi connectivity index (χ0v) is 10.7. The Morgan fingerprint density at radius 3 is 2.75 bits per heavy atom. The molecule has 0 aromatic carbocycles. The number of likely N-dealkylation sites (tertiary alicyclic amines) is 1. The molecule has 0 spiro atoms. The zero-order chi connectivity index (χ0) is 12.0. The van der Waals surface area contributed by atoms with E-state index in [1.54, 1.807) is 0 Å². The first-order valence-electron chi connectivity index (χ1n) is 6.03. The molecular weight excluding hydrogens is 204 g/mol. The van der Waals surface area contributed by atoms with Gasteiger partial charge in [-0.25, -0.2) is 4.79 Å². The number of likely N-dealkylation sites (N-methyl/N-ethyl adjacent to an activating group) is 1. The van der Waals surface area contributed by atoms with Crippen molar-refractivity contribution in [3.63, 3.8) is 0 Å². The van der Waals surface area contributed by atoms with E-state index in [-0.39, 0.29) is 11.6 Å². The smallest absolute Gasteiger partial charge is 0.410 e. The number of nitrogens with zero attached hydrogens (tertiary/aromatic N) is 1. The maximum Gasteiger partial charge on any atom is 0.410 e. The Labute approximate surface area is 97.3 Å². The van der Waals surface area contributed by atoms with E-state index in [2.05, 4.69) is 5.32 Å². The number of nitrogens with one attached hydrogen (secondary N) is 1. The van der Waals surface area contributed by atoms with Crippen molar-refractivity contribution in [1.82, 2.24) is 10.2 Å². The van der Waals surface area contributed by atoms with Gasteiger partial charge in [-0.15, -0.1) is 0 Å². The lowest BCUT2D eigenvalue weighted by Gasteiger charge is -2.34. The van der Waals surface area contributed by atoms with Gasteiger partial charge in [0.1, 0.15) is 5.60 Å². The number of hydrogen-bond acceptors (Lipinski definition) is 3. The summed E-state index contributed by atoms with van der Waals surface area (Å²) in [5.74, 6) is 0.760. The van der Waals surface area contributed by atoms with Crippen molar-refractivity contribution in [1.29, 1.82) is 0 Å². The topological polar surface area (TPSA) is 41.6 Å². The third-order valence-corrected chi connectivity index (χ3v) is 3.60. The number of fused-ring (bicyclic) bond motifs is 1. The van der Waals surface area contributed by atoms with Crippen molar-refractivity contribution < 1.29 is 9.53 Å². The fourth-order valence-electron chi connectivity index (χ4n) is 2.55. The molecule has 92 valence electrons. The van der Waals surface area contributed by atoms with Gasteiger partial charge in [-0.1, -0.05) is 0 Å². The van der Waals surface area contributed by atoms with E-state index in [1.165, 1.54) is 6.42 Å². The molecule has 16 heavy (non-hydrogen) atoms. The molecule has 1 heterocycles. The Kier molecular flexibility index (Phi) is 2.65. The molecule has 4 nitrogen and oxygen atoms in total. The van der Waals surface area contributed by atoms with E-state index in [4.69, 9.17) is 4.74 Å². The normalized spacial score (nSPS) is 33.2. The van der Waals surface area contributed by atoms with Crippen LogP contribution in [0.3, 0.4) is 0 Å². The highest BCUT2D eigenvalue weighted by molar-refractivity contribution is 5.68. The molecule has 4 heteroatoms. The monoisotopic (exact) mass is 226 g/mol. The van der Waals surface area contributed by atoms with Crippen molar-refractivity contribution in [2.24, 2.45) is 5.92 Å². The molecular formula is C12H22N2O2. The Balaban J connectivity index is 1.93. The number of hydrogen-bond donors (Lipinski definition) is 1. The van der Waals surface area contributed by atoms with Crippen LogP contribution in [0.4, 0.5) is 4.79 Å². The van der Waals surface area contributed by atoms with Gasteiger partial charge in [0.05, 0.1) is 0 Å². The zero-order valence-electron chi connectivity index (χ0n) is 10.7. The number of carbonyl (C=O) groups is 1. The van der Waals surface area contributed by atoms with Gasteiger partial charge >= 0.3 is 6.09 Å². The highest BCUT2D eigenvalue weighted by Crippen LogP contribution is 2.49. The average molecular weight is 226 g/mol. The van der Waals surface area contributed by atoms with Crippen LogP contribution in [0.1, 0.15) is 33.6 Å². The second kappa shape index (κ2) is 3.62. The van der Waals surface area contributed by atoms with E-state index >= 15 is 0 Å². The van der Waals surface area contributed by atoms with Gasteiger partial charge in [-0.05, 0) is 46.6 Å². The van der Waals surface area contributed by atoms with Gasteiger partial charge in [0.25, 0.3) is 0 Å². The molecule has 2 fully saturated rings. The minimum atomic E-state index is -0.399. The number of amides is 1. The molecule has 2 atom stereocenters. The molecule has 1 aliphatic carbocycles. The minimum Gasteiger partial charge on any atom is -0.444 e. The summed E-state index contributed by atoms with van der Waals surface area (Å²) in [4.78, 5) is 13.8. The van der Waals surface area contributed by atoms with Crippen LogP contribution in [0.2, 0.25) is 0 Å². The number of ether oxygens (including phenoxy) is 1. The third kappa shape index (κ3) is 2.17. The summed E-state index contributed by atoms with van der Waals surface area (Å²) in [6.45, 7) is 7.35. The van der Waals surface area contributed by atoms with Crippen molar-refractivity contribution in [2.45, 2.75) is 44.8 Å². The van der Waals surface area contributed by atoms with E-state index in [0.29, 0.717) is 0 Å². The molecule has 0 aromatic rings. The molecule has 1 saturated carbocycles. The fourth-order valence-corrected chi connectivity index (χ4v) is 2.55. The summed E-state index contributed by atoms with van der Waals surface area (Å²) >= 11 is 0. The Morgan fingerprint density at radius 2 is 2.19 bits per heavy atom. The summed E-state index contributed by atoms with van der Waals surface area (Å²) in [5.41, 5.74) is -0.209. The molecule has 1 aliphatic heterocycles. The number of rotatable bonds is 1. The molecule has 1 saturated heterocycles. The average Bonchev–Trinajstić information content (AvgIpc) is 2.88. The van der Waals surface area contributed by atoms with Crippen molar-refractivity contribution in [3.05, 3.63) is 0 Å². The molecule has 0 aromatic heterocycles. The van der Waals surface area contributed by atoms with E-state index < -0.39 is 5.60 Å². The van der Waals surface area contributed by atoms with Gasteiger partial charge < -0.3 is 15.0 Å². The summed E-state index contributed by atoms with van der Waals surface area (Å²) in [6, 6.07) is 0. The largest absolute Gasteiger partial charge is 0.444 e. The van der Waals surface area contributed by atoms with Crippen LogP contribution in [-0.4, -0.2) is 42.3 Å². The summed E-state index contributed by atoms with van der Waals surface area (Å²) in [6.07, 6.45) is 2.12. The lowest BCUT2D eigenvalue weighted by molar-refractivity contribution is 0.0183. The minimum absolute atomic E-state index is 0.174. The first-order valence-corrected chi connectivity index (χ1v) is 6.03. The van der Waals surface area contributed by atoms with Crippen LogP contribution in [0.5, 0.6) is 0 Å². The highest BCUT2D eigenvalue weighted by atomic mass is 16.6. The van der Waals surface area contributed by atoms with Crippen LogP contribution in [0.15, 0.2) is 0 Å². The predicted octanol–water partition coefficient (Wildman–Crippen LogP) is 1.61. The Hall–Kier alpha value is -0.770. The molecule has 1 N–H and O–H groups in total. The van der Waals surface area contributed by atoms with Crippen LogP contribution in [0.25, 0.3) is 0 Å². The van der Waals surface area contributed by atoms with Crippen LogP contribution in [0, 0.1) is 5.92 Å². The maximum absolute atomic E-state index is 11.9. The van der Waals surface area contributed by atoms with Crippen LogP contribution >= 0.6 is 0 Å². The van der Waals surface area contributed by atoms with Crippen molar-refractivity contribution in [3.8, 4) is 0 Å². The molecule has 0 radical (unpaired) electrons. The van der Waals surface area contributed by atoms with Crippen molar-refractivity contribution in [2.75, 3.05) is 20.1 Å². The van der Waals surface area contributed by atoms with E-state index in [0.717, 1.165) is 25.4 Å². The predicted molar refractivity (Wildman–Crippen MR) is 62.3 cm³/mol. The molecule has 2 rings (SSSR count). The van der Waals surface area contributed by atoms with Crippen LogP contribution < -0.4 is 5.32 Å². The quantitative estimate of drug-likeness (QED) is 0.738. The maximum atomic E-state index is 11.9. The first kappa shape index (κ1) is 11.7. The number of carbonyl (C=O) groups excluding carboxylic acids is 1. The standard InChI is InChI=1S/C12H22N2O2/c1-11(2,3)16-10(15)14-6-5-9-7-12(9,8-14)13-4/h9,13H,5-8H2,1-4H3/t9-,12+/m0/s1. The fraction of sp³-hybridized carbons (Fsp3) is 0.917. The van der Waals surface area contributed by atoms with Gasteiger partial charge in [-0.2, -0.15) is 0 Å². The molecule has 2 aliphatic rings. The Bertz CT molecular complexity index is 298. The van der Waals surface area contributed by atoms with Gasteiger partial charge in [0.15, 0.2) is 0 Å². The second-order valence-electron chi connectivity index (χ2n) is 6.00. The SMILES string of the molecule is CN[C@@]12C[C@@H]1CCN(C(=O)OC(C)(C)C)C2. The molecule has 0 unspecified atom stereocenters. The molecule has 1 amide bonds. The number of piperidine rings is 1. The van der Waals surface area contributed by atoms with Gasteiger partial charge in [0, 0.05) is 18.6 Å². The summed E-state index contributed by atoms with van der Waals surface area (Å²) < 4.78 is 5.39. The van der Waals surface area contributed by atoms with Gasteiger partial charge in [0.2, 0.25) is 0 Å². The van der Waals surface area contributed by atoms with Crippen LogP contribution in [-0.2, 0) is 4.74 Å². The van der Waals surface area contributed by atoms with E-state index in [9.17, 15) is 4.79 Å². The summed E-state index contributed by atoms with van der Waals surface area (Å²) in [7, 11) is 1.98. The van der Waals surface area contributed by atoms with Gasteiger partial charge in [-0.3, -0.25) is 0 Å². The van der Waals surface area contributed by atoms with Crippen molar-refractivity contribution >= 4 is 6.09 Å². The second-order valence-corrected chi connectivity index (χ2v) is 6.00. The highest BCUT2D eigenvalue weighted by Gasteiger charge is 2.56. The lowest BCUT2D eigenvalue weighted by Crippen LogP contribution is -2.50. The Morgan fingerprint density at radius 1 is 1.50 bits per heavy atom. The lowest BCUT2D eigenvalue weighted by atomic mass is 10.1. The first-order chi connectivity index (χ1) is 7.36. The third-order valence-electron chi connectivity index (χ3n) is 3.60. The molecule has 0 bridgehead atoms. The van der Waals surface area contributed by atoms with E-state index in [1.807, 2.05) is 32.7 Å². The summed E-state index contributed by atoms with van der Waals surface area (Å²) in [5, 5.41) is 3.35.